The monoisotopic (exact) mass is 249 g/mol. The Morgan fingerprint density at radius 3 is 1.89 bits per heavy atom. The standard InChI is InChI=1S/C11H11NO2.2C2H6/c1-3-5-6-9(4-2)12-10(13)7-8-11(12)14;2*1-2/h3-8H,2H2,1H3;2*1-2H3/b5-3-,9-6+;;. The first-order valence-corrected chi connectivity index (χ1v) is 6.22. The van der Waals surface area contributed by atoms with Gasteiger partial charge >= 0.3 is 0 Å². The van der Waals surface area contributed by atoms with E-state index < -0.39 is 0 Å². The van der Waals surface area contributed by atoms with Gasteiger partial charge in [0.15, 0.2) is 0 Å². The van der Waals surface area contributed by atoms with Gasteiger partial charge in [-0.3, -0.25) is 9.59 Å². The summed E-state index contributed by atoms with van der Waals surface area (Å²) in [5, 5.41) is 0. The van der Waals surface area contributed by atoms with E-state index >= 15 is 0 Å². The van der Waals surface area contributed by atoms with Crippen LogP contribution in [0.3, 0.4) is 0 Å². The molecule has 0 bridgehead atoms. The molecule has 0 aromatic rings. The van der Waals surface area contributed by atoms with Gasteiger partial charge in [0.25, 0.3) is 11.8 Å². The average molecular weight is 249 g/mol. The summed E-state index contributed by atoms with van der Waals surface area (Å²) in [4.78, 5) is 23.6. The van der Waals surface area contributed by atoms with Crippen molar-refractivity contribution >= 4 is 11.8 Å². The first-order valence-electron chi connectivity index (χ1n) is 6.22. The molecule has 0 saturated carbocycles. The summed E-state index contributed by atoms with van der Waals surface area (Å²) < 4.78 is 0. The van der Waals surface area contributed by atoms with Gasteiger partial charge in [-0.1, -0.05) is 46.4 Å². The lowest BCUT2D eigenvalue weighted by atomic mass is 10.3. The molecule has 18 heavy (non-hydrogen) atoms. The van der Waals surface area contributed by atoms with Crippen LogP contribution in [0.4, 0.5) is 0 Å². The number of carbonyl (C=O) groups is 2. The van der Waals surface area contributed by atoms with Crippen molar-refractivity contribution in [1.29, 1.82) is 0 Å². The second-order valence-corrected chi connectivity index (χ2v) is 2.67. The minimum absolute atomic E-state index is 0.328. The van der Waals surface area contributed by atoms with E-state index in [0.717, 1.165) is 4.90 Å². The number of rotatable bonds is 3. The van der Waals surface area contributed by atoms with Crippen LogP contribution < -0.4 is 0 Å². The van der Waals surface area contributed by atoms with Gasteiger partial charge in [-0.15, -0.1) is 0 Å². The summed E-state index contributed by atoms with van der Waals surface area (Å²) in [6, 6.07) is 0. The first kappa shape index (κ1) is 18.5. The van der Waals surface area contributed by atoms with Gasteiger partial charge in [0.05, 0.1) is 5.70 Å². The predicted octanol–water partition coefficient (Wildman–Crippen LogP) is 3.61. The highest BCUT2D eigenvalue weighted by Crippen LogP contribution is 2.13. The Hall–Kier alpha value is -1.90. The number of nitrogens with zero attached hydrogens (tertiary/aromatic N) is 1. The molecule has 0 spiro atoms. The third-order valence-corrected chi connectivity index (χ3v) is 1.74. The van der Waals surface area contributed by atoms with Crippen LogP contribution in [-0.2, 0) is 9.59 Å². The molecular weight excluding hydrogens is 226 g/mol. The molecule has 1 heterocycles. The molecule has 2 amide bonds. The molecule has 3 nitrogen and oxygen atoms in total. The number of hydrogen-bond acceptors (Lipinski definition) is 2. The molecule has 1 aliphatic rings. The molecule has 0 N–H and O–H groups in total. The summed E-state index contributed by atoms with van der Waals surface area (Å²) in [5.41, 5.74) is 0.489. The number of amides is 2. The van der Waals surface area contributed by atoms with Crippen molar-refractivity contribution in [1.82, 2.24) is 4.90 Å². The van der Waals surface area contributed by atoms with Gasteiger partial charge in [-0.25, -0.2) is 4.90 Å². The summed E-state index contributed by atoms with van der Waals surface area (Å²) in [5.74, 6) is -0.656. The first-order chi connectivity index (χ1) is 8.70. The van der Waals surface area contributed by atoms with Crippen LogP contribution in [0.1, 0.15) is 34.6 Å². The van der Waals surface area contributed by atoms with Crippen LogP contribution in [0.25, 0.3) is 0 Å². The van der Waals surface area contributed by atoms with E-state index in [0.29, 0.717) is 5.70 Å². The Morgan fingerprint density at radius 1 is 1.11 bits per heavy atom. The summed E-state index contributed by atoms with van der Waals surface area (Å²) in [6.45, 7) is 13.4. The van der Waals surface area contributed by atoms with E-state index in [1.807, 2.05) is 40.7 Å². The van der Waals surface area contributed by atoms with Crippen molar-refractivity contribution in [3.8, 4) is 0 Å². The Labute approximate surface area is 110 Å². The topological polar surface area (TPSA) is 37.4 Å². The van der Waals surface area contributed by atoms with Gasteiger partial charge in [-0.05, 0) is 19.1 Å². The number of allylic oxidation sites excluding steroid dienone is 4. The molecule has 1 rings (SSSR count). The summed E-state index contributed by atoms with van der Waals surface area (Å²) in [7, 11) is 0. The lowest BCUT2D eigenvalue weighted by Crippen LogP contribution is -2.28. The summed E-state index contributed by atoms with van der Waals surface area (Å²) >= 11 is 0. The maximum absolute atomic E-state index is 11.3. The maximum Gasteiger partial charge on any atom is 0.258 e. The van der Waals surface area contributed by atoms with Gasteiger partial charge < -0.3 is 0 Å². The average Bonchev–Trinajstić information content (AvgIpc) is 2.76. The molecule has 100 valence electrons. The second-order valence-electron chi connectivity index (χ2n) is 2.67. The fourth-order valence-electron chi connectivity index (χ4n) is 1.08. The van der Waals surface area contributed by atoms with Crippen molar-refractivity contribution in [2.45, 2.75) is 34.6 Å². The van der Waals surface area contributed by atoms with E-state index in [-0.39, 0.29) is 11.8 Å². The van der Waals surface area contributed by atoms with Crippen molar-refractivity contribution in [3.05, 3.63) is 48.7 Å². The Kier molecular flexibility index (Phi) is 11.9. The van der Waals surface area contributed by atoms with Crippen LogP contribution in [-0.4, -0.2) is 16.7 Å². The van der Waals surface area contributed by atoms with Crippen LogP contribution in [0.15, 0.2) is 48.7 Å². The van der Waals surface area contributed by atoms with Crippen LogP contribution in [0, 0.1) is 0 Å². The molecule has 0 radical (unpaired) electrons. The highest BCUT2D eigenvalue weighted by molar-refractivity contribution is 6.14. The van der Waals surface area contributed by atoms with Crippen LogP contribution in [0.5, 0.6) is 0 Å². The zero-order valence-corrected chi connectivity index (χ0v) is 11.9. The Bertz CT molecular complexity index is 345. The zero-order valence-electron chi connectivity index (χ0n) is 11.9. The molecule has 0 saturated heterocycles. The lowest BCUT2D eigenvalue weighted by molar-refractivity contribution is -0.134. The zero-order chi connectivity index (χ0) is 14.6. The molecule has 0 unspecified atom stereocenters. The fraction of sp³-hybridized carbons (Fsp3) is 0.333. The molecule has 1 aliphatic heterocycles. The van der Waals surface area contributed by atoms with E-state index in [2.05, 4.69) is 6.58 Å². The normalized spacial score (nSPS) is 14.1. The maximum atomic E-state index is 11.3. The lowest BCUT2D eigenvalue weighted by Gasteiger charge is -2.13. The van der Waals surface area contributed by atoms with Crippen molar-refractivity contribution in [2.24, 2.45) is 0 Å². The number of hydrogen-bond donors (Lipinski definition) is 0. The van der Waals surface area contributed by atoms with E-state index in [1.165, 1.54) is 18.2 Å². The quantitative estimate of drug-likeness (QED) is 0.566. The van der Waals surface area contributed by atoms with Crippen molar-refractivity contribution < 1.29 is 9.59 Å². The highest BCUT2D eigenvalue weighted by Gasteiger charge is 2.24. The smallest absolute Gasteiger partial charge is 0.258 e. The largest absolute Gasteiger partial charge is 0.269 e. The predicted molar refractivity (Wildman–Crippen MR) is 76.8 cm³/mol. The molecule has 0 fully saturated rings. The van der Waals surface area contributed by atoms with Gasteiger partial charge in [0.1, 0.15) is 0 Å². The van der Waals surface area contributed by atoms with E-state index in [9.17, 15) is 9.59 Å². The van der Waals surface area contributed by atoms with E-state index in [4.69, 9.17) is 0 Å². The SMILES string of the molecule is C=C/C(=C\C=C/C)N1C(=O)C=CC1=O.CC.CC. The second kappa shape index (κ2) is 11.6. The minimum Gasteiger partial charge on any atom is -0.269 e. The molecular formula is C15H23NO2. The fourth-order valence-corrected chi connectivity index (χ4v) is 1.08. The van der Waals surface area contributed by atoms with Crippen LogP contribution >= 0.6 is 0 Å². The molecule has 0 aromatic heterocycles. The molecule has 3 heteroatoms. The third-order valence-electron chi connectivity index (χ3n) is 1.74. The Morgan fingerprint density at radius 2 is 1.56 bits per heavy atom. The van der Waals surface area contributed by atoms with E-state index in [1.54, 1.807) is 12.2 Å². The van der Waals surface area contributed by atoms with Crippen LogP contribution in [0.2, 0.25) is 0 Å². The molecule has 0 aromatic carbocycles. The minimum atomic E-state index is -0.328. The molecule has 0 atom stereocenters. The number of imide groups is 1. The van der Waals surface area contributed by atoms with Crippen molar-refractivity contribution in [3.63, 3.8) is 0 Å². The van der Waals surface area contributed by atoms with Crippen molar-refractivity contribution in [2.75, 3.05) is 0 Å². The third kappa shape index (κ3) is 5.43. The Balaban J connectivity index is 0. The number of carbonyl (C=O) groups excluding carboxylic acids is 2. The summed E-state index contributed by atoms with van der Waals surface area (Å²) in [6.07, 6.45) is 9.18. The van der Waals surface area contributed by atoms with Gasteiger partial charge in [-0.2, -0.15) is 0 Å². The molecule has 0 aliphatic carbocycles. The highest BCUT2D eigenvalue weighted by atomic mass is 16.2. The van der Waals surface area contributed by atoms with Gasteiger partial charge in [0.2, 0.25) is 0 Å². The van der Waals surface area contributed by atoms with Gasteiger partial charge in [0, 0.05) is 12.2 Å².